The molecule has 1 N–H and O–H groups in total. The largest absolute Gasteiger partial charge is 0.393 e. The first-order valence-corrected chi connectivity index (χ1v) is 7.44. The predicted octanol–water partition coefficient (Wildman–Crippen LogP) is 2.56. The highest BCUT2D eigenvalue weighted by Gasteiger charge is 2.17. The van der Waals surface area contributed by atoms with Crippen molar-refractivity contribution >= 4 is 11.8 Å². The zero-order valence-corrected chi connectivity index (χ0v) is 11.1. The smallest absolute Gasteiger partial charge is 0.229 e. The molecule has 0 aliphatic heterocycles. The average Bonchev–Trinajstić information content (AvgIpc) is 2.97. The summed E-state index contributed by atoms with van der Waals surface area (Å²) < 4.78 is 5.12. The Balaban J connectivity index is 1.77. The van der Waals surface area contributed by atoms with Gasteiger partial charge in [0.05, 0.1) is 18.3 Å². The molecule has 96 valence electrons. The van der Waals surface area contributed by atoms with Crippen LogP contribution in [0.5, 0.6) is 0 Å². The highest BCUT2D eigenvalue weighted by atomic mass is 32.2. The Labute approximate surface area is 106 Å². The van der Waals surface area contributed by atoms with Gasteiger partial charge in [-0.15, -0.1) is 0 Å². The molecule has 1 heterocycles. The lowest BCUT2D eigenvalue weighted by molar-refractivity contribution is 0.158. The molecule has 1 fully saturated rings. The van der Waals surface area contributed by atoms with Crippen molar-refractivity contribution in [3.05, 3.63) is 11.7 Å². The summed E-state index contributed by atoms with van der Waals surface area (Å²) in [4.78, 5) is 4.30. The third kappa shape index (κ3) is 4.00. The van der Waals surface area contributed by atoms with E-state index in [0.717, 1.165) is 16.8 Å². The minimum absolute atomic E-state index is 0.370. The van der Waals surface area contributed by atoms with E-state index in [9.17, 15) is 5.11 Å². The van der Waals surface area contributed by atoms with Crippen LogP contribution in [-0.4, -0.2) is 26.6 Å². The first-order valence-electron chi connectivity index (χ1n) is 6.39. The van der Waals surface area contributed by atoms with Gasteiger partial charge in [-0.1, -0.05) is 24.9 Å². The van der Waals surface area contributed by atoms with Gasteiger partial charge in [0.1, 0.15) is 0 Å². The van der Waals surface area contributed by atoms with Gasteiger partial charge >= 0.3 is 0 Å². The van der Waals surface area contributed by atoms with Crippen LogP contribution in [0.25, 0.3) is 0 Å². The molecule has 2 rings (SSSR count). The Morgan fingerprint density at radius 1 is 1.47 bits per heavy atom. The Morgan fingerprint density at radius 3 is 2.94 bits per heavy atom. The van der Waals surface area contributed by atoms with E-state index in [1.54, 1.807) is 0 Å². The van der Waals surface area contributed by atoms with Gasteiger partial charge in [-0.3, -0.25) is 0 Å². The molecule has 1 aliphatic rings. The quantitative estimate of drug-likeness (QED) is 0.847. The van der Waals surface area contributed by atoms with E-state index in [1.807, 2.05) is 18.7 Å². The summed E-state index contributed by atoms with van der Waals surface area (Å²) in [5.41, 5.74) is 0. The van der Waals surface area contributed by atoms with Crippen LogP contribution in [-0.2, 0) is 12.2 Å². The van der Waals surface area contributed by atoms with Crippen LogP contribution >= 0.6 is 11.8 Å². The van der Waals surface area contributed by atoms with Gasteiger partial charge in [-0.25, -0.2) is 0 Å². The summed E-state index contributed by atoms with van der Waals surface area (Å²) >= 11 is 1.93. The molecular weight excluding hydrogens is 236 g/mol. The third-order valence-corrected chi connectivity index (χ3v) is 4.51. The second kappa shape index (κ2) is 6.40. The van der Waals surface area contributed by atoms with Crippen molar-refractivity contribution in [2.45, 2.75) is 62.6 Å². The monoisotopic (exact) mass is 256 g/mol. The van der Waals surface area contributed by atoms with Crippen molar-refractivity contribution in [2.24, 2.45) is 0 Å². The van der Waals surface area contributed by atoms with Gasteiger partial charge in [0.15, 0.2) is 5.82 Å². The number of aliphatic hydroxyl groups is 1. The molecule has 17 heavy (non-hydrogen) atoms. The lowest BCUT2D eigenvalue weighted by Gasteiger charge is -2.05. The molecule has 0 bridgehead atoms. The number of hydrogen-bond acceptors (Lipinski definition) is 5. The second-order valence-corrected chi connectivity index (χ2v) is 5.88. The molecule has 1 aromatic heterocycles. The zero-order valence-electron chi connectivity index (χ0n) is 10.3. The van der Waals surface area contributed by atoms with E-state index in [0.29, 0.717) is 18.7 Å². The molecule has 1 atom stereocenters. The standard InChI is InChI=1S/C12H20N2O2S/c1-2-9(15)7-12-13-11(14-16-12)8-17-10-5-3-4-6-10/h9-10,15H,2-8H2,1H3. The van der Waals surface area contributed by atoms with Gasteiger partial charge in [0, 0.05) is 5.25 Å². The van der Waals surface area contributed by atoms with Crippen LogP contribution in [0, 0.1) is 0 Å². The number of rotatable bonds is 6. The predicted molar refractivity (Wildman–Crippen MR) is 67.9 cm³/mol. The van der Waals surface area contributed by atoms with Crippen molar-refractivity contribution in [2.75, 3.05) is 0 Å². The molecule has 0 amide bonds. The molecule has 4 nitrogen and oxygen atoms in total. The van der Waals surface area contributed by atoms with Gasteiger partial charge in [-0.2, -0.15) is 16.7 Å². The van der Waals surface area contributed by atoms with Crippen LogP contribution in [0.3, 0.4) is 0 Å². The first-order chi connectivity index (χ1) is 8.28. The van der Waals surface area contributed by atoms with Gasteiger partial charge in [0.2, 0.25) is 5.89 Å². The minimum Gasteiger partial charge on any atom is -0.393 e. The van der Waals surface area contributed by atoms with E-state index < -0.39 is 0 Å². The second-order valence-electron chi connectivity index (χ2n) is 4.59. The van der Waals surface area contributed by atoms with Crippen LogP contribution in [0.4, 0.5) is 0 Å². The molecule has 0 saturated heterocycles. The molecule has 1 saturated carbocycles. The molecule has 0 spiro atoms. The molecule has 0 aromatic carbocycles. The normalized spacial score (nSPS) is 18.7. The van der Waals surface area contributed by atoms with Crippen molar-refractivity contribution in [1.29, 1.82) is 0 Å². The topological polar surface area (TPSA) is 59.2 Å². The van der Waals surface area contributed by atoms with Crippen LogP contribution in [0.2, 0.25) is 0 Å². The van der Waals surface area contributed by atoms with Crippen molar-refractivity contribution in [3.8, 4) is 0 Å². The Kier molecular flexibility index (Phi) is 4.86. The number of nitrogens with zero attached hydrogens (tertiary/aromatic N) is 2. The van der Waals surface area contributed by atoms with Crippen molar-refractivity contribution in [3.63, 3.8) is 0 Å². The summed E-state index contributed by atoms with van der Waals surface area (Å²) in [6.45, 7) is 1.94. The van der Waals surface area contributed by atoms with Crippen molar-refractivity contribution in [1.82, 2.24) is 10.1 Å². The third-order valence-electron chi connectivity index (χ3n) is 3.14. The minimum atomic E-state index is -0.370. The Hall–Kier alpha value is -0.550. The maximum absolute atomic E-state index is 9.49. The number of thioether (sulfide) groups is 1. The summed E-state index contributed by atoms with van der Waals surface area (Å²) in [6, 6.07) is 0. The van der Waals surface area contributed by atoms with E-state index in [-0.39, 0.29) is 6.10 Å². The maximum atomic E-state index is 9.49. The molecule has 5 heteroatoms. The van der Waals surface area contributed by atoms with E-state index in [1.165, 1.54) is 25.7 Å². The Bertz CT molecular complexity index is 337. The van der Waals surface area contributed by atoms with Crippen LogP contribution in [0.1, 0.15) is 50.7 Å². The average molecular weight is 256 g/mol. The zero-order chi connectivity index (χ0) is 12.1. The lowest BCUT2D eigenvalue weighted by atomic mass is 10.2. The summed E-state index contributed by atoms with van der Waals surface area (Å²) in [6.07, 6.45) is 6.18. The summed E-state index contributed by atoms with van der Waals surface area (Å²) in [7, 11) is 0. The fourth-order valence-corrected chi connectivity index (χ4v) is 3.19. The molecule has 1 aliphatic carbocycles. The molecule has 0 radical (unpaired) electrons. The van der Waals surface area contributed by atoms with Crippen LogP contribution in [0.15, 0.2) is 4.52 Å². The molecular formula is C12H20N2O2S. The SMILES string of the molecule is CCC(O)Cc1nc(CSC2CCCC2)no1. The van der Waals surface area contributed by atoms with Crippen molar-refractivity contribution < 1.29 is 9.63 Å². The fraction of sp³-hybridized carbons (Fsp3) is 0.833. The Morgan fingerprint density at radius 2 is 2.24 bits per heavy atom. The summed E-state index contributed by atoms with van der Waals surface area (Å²) in [5.74, 6) is 2.15. The number of aromatic nitrogens is 2. The highest BCUT2D eigenvalue weighted by molar-refractivity contribution is 7.99. The van der Waals surface area contributed by atoms with E-state index >= 15 is 0 Å². The molecule has 1 unspecified atom stereocenters. The number of hydrogen-bond donors (Lipinski definition) is 1. The first kappa shape index (κ1) is 12.9. The van der Waals surface area contributed by atoms with Gasteiger partial charge < -0.3 is 9.63 Å². The molecule has 1 aromatic rings. The summed E-state index contributed by atoms with van der Waals surface area (Å²) in [5, 5.41) is 14.2. The maximum Gasteiger partial charge on any atom is 0.229 e. The number of aliphatic hydroxyl groups excluding tert-OH is 1. The van der Waals surface area contributed by atoms with Gasteiger partial charge in [0.25, 0.3) is 0 Å². The fourth-order valence-electron chi connectivity index (χ4n) is 2.02. The highest BCUT2D eigenvalue weighted by Crippen LogP contribution is 2.30. The van der Waals surface area contributed by atoms with Crippen LogP contribution < -0.4 is 0 Å². The lowest BCUT2D eigenvalue weighted by Crippen LogP contribution is -2.08. The van der Waals surface area contributed by atoms with E-state index in [2.05, 4.69) is 10.1 Å². The van der Waals surface area contributed by atoms with E-state index in [4.69, 9.17) is 4.52 Å². The van der Waals surface area contributed by atoms with Gasteiger partial charge in [-0.05, 0) is 19.3 Å².